The minimum Gasteiger partial charge on any atom is -0.467 e. The molecule has 1 aromatic rings. The molecule has 6 heteroatoms. The van der Waals surface area contributed by atoms with Crippen LogP contribution in [0.2, 0.25) is 0 Å². The van der Waals surface area contributed by atoms with E-state index in [4.69, 9.17) is 9.26 Å². The van der Waals surface area contributed by atoms with Gasteiger partial charge >= 0.3 is 5.95 Å². The molecule has 0 saturated heterocycles. The van der Waals surface area contributed by atoms with Crippen LogP contribution in [0, 0.1) is 5.41 Å². The minimum absolute atomic E-state index is 0.00696. The fourth-order valence-corrected chi connectivity index (χ4v) is 1.78. The van der Waals surface area contributed by atoms with E-state index < -0.39 is 0 Å². The van der Waals surface area contributed by atoms with Gasteiger partial charge in [0.15, 0.2) is 5.69 Å². The summed E-state index contributed by atoms with van der Waals surface area (Å²) in [6.45, 7) is 5.64. The fourth-order valence-electron chi connectivity index (χ4n) is 1.78. The number of rotatable bonds is 6. The number of nitrogens with zero attached hydrogens (tertiary/aromatic N) is 2. The van der Waals surface area contributed by atoms with Crippen LogP contribution in [0.4, 0.5) is 0 Å². The second kappa shape index (κ2) is 5.86. The van der Waals surface area contributed by atoms with Crippen LogP contribution in [0.3, 0.4) is 0 Å². The molecule has 1 N–H and O–H groups in total. The lowest BCUT2D eigenvalue weighted by Crippen LogP contribution is -2.40. The maximum Gasteiger partial charge on any atom is 0.311 e. The van der Waals surface area contributed by atoms with Crippen molar-refractivity contribution < 1.29 is 14.1 Å². The largest absolute Gasteiger partial charge is 0.467 e. The minimum atomic E-state index is -0.256. The summed E-state index contributed by atoms with van der Waals surface area (Å²) >= 11 is 0. The molecule has 1 heterocycles. The van der Waals surface area contributed by atoms with Gasteiger partial charge in [0, 0.05) is 13.1 Å². The molecule has 102 valence electrons. The molecule has 6 nitrogen and oxygen atoms in total. The standard InChI is InChI=1S/C12H21N3O3/c1-12(2,8-15(3)4)7-13-11(16)9-6-10(17-5)18-14-9/h6H,7-8H2,1-5H3,(H,13,16). The van der Waals surface area contributed by atoms with E-state index in [1.54, 1.807) is 0 Å². The molecule has 1 aromatic heterocycles. The second-order valence-electron chi connectivity index (χ2n) is 5.32. The van der Waals surface area contributed by atoms with Crippen LogP contribution in [0.15, 0.2) is 10.6 Å². The predicted octanol–water partition coefficient (Wildman–Crippen LogP) is 1.00. The van der Waals surface area contributed by atoms with E-state index >= 15 is 0 Å². The van der Waals surface area contributed by atoms with Crippen LogP contribution < -0.4 is 10.1 Å². The molecule has 0 fully saturated rings. The van der Waals surface area contributed by atoms with Crippen molar-refractivity contribution >= 4 is 5.91 Å². The van der Waals surface area contributed by atoms with Gasteiger partial charge in [0.1, 0.15) is 0 Å². The third kappa shape index (κ3) is 4.37. The van der Waals surface area contributed by atoms with Crippen molar-refractivity contribution in [2.24, 2.45) is 5.41 Å². The molecule has 0 unspecified atom stereocenters. The summed E-state index contributed by atoms with van der Waals surface area (Å²) in [6.07, 6.45) is 0. The molecule has 0 aromatic carbocycles. The van der Waals surface area contributed by atoms with Gasteiger partial charge in [-0.05, 0) is 19.5 Å². The Bertz CT molecular complexity index is 399. The first-order valence-corrected chi connectivity index (χ1v) is 5.78. The lowest BCUT2D eigenvalue weighted by Gasteiger charge is -2.28. The van der Waals surface area contributed by atoms with E-state index in [0.29, 0.717) is 6.54 Å². The Morgan fingerprint density at radius 1 is 1.56 bits per heavy atom. The Balaban J connectivity index is 2.50. The van der Waals surface area contributed by atoms with Gasteiger partial charge in [-0.15, -0.1) is 0 Å². The summed E-state index contributed by atoms with van der Waals surface area (Å²) in [6, 6.07) is 1.47. The van der Waals surface area contributed by atoms with Gasteiger partial charge in [-0.1, -0.05) is 19.0 Å². The Labute approximate surface area is 107 Å². The Kier molecular flexibility index (Phi) is 4.72. The average Bonchev–Trinajstić information content (AvgIpc) is 2.72. The summed E-state index contributed by atoms with van der Waals surface area (Å²) in [5.74, 6) is -0.0263. The number of nitrogens with one attached hydrogen (secondary N) is 1. The molecule has 1 amide bonds. The summed E-state index contributed by atoms with van der Waals surface area (Å²) in [5.41, 5.74) is 0.222. The van der Waals surface area contributed by atoms with Crippen LogP contribution >= 0.6 is 0 Å². The zero-order valence-corrected chi connectivity index (χ0v) is 11.6. The number of carbonyl (C=O) groups excluding carboxylic acids is 1. The van der Waals surface area contributed by atoms with E-state index in [0.717, 1.165) is 6.54 Å². The highest BCUT2D eigenvalue weighted by Gasteiger charge is 2.21. The van der Waals surface area contributed by atoms with Crippen molar-refractivity contribution in [3.63, 3.8) is 0 Å². The maximum absolute atomic E-state index is 11.8. The van der Waals surface area contributed by atoms with E-state index in [2.05, 4.69) is 29.2 Å². The first-order chi connectivity index (χ1) is 8.34. The Morgan fingerprint density at radius 2 is 2.22 bits per heavy atom. The number of hydrogen-bond acceptors (Lipinski definition) is 5. The molecular weight excluding hydrogens is 234 g/mol. The summed E-state index contributed by atoms with van der Waals surface area (Å²) in [5, 5.41) is 6.46. The van der Waals surface area contributed by atoms with Gasteiger partial charge in [0.25, 0.3) is 5.91 Å². The first kappa shape index (κ1) is 14.5. The molecule has 0 bridgehead atoms. The number of hydrogen-bond donors (Lipinski definition) is 1. The first-order valence-electron chi connectivity index (χ1n) is 5.78. The lowest BCUT2D eigenvalue weighted by atomic mass is 9.93. The quantitative estimate of drug-likeness (QED) is 0.821. The van der Waals surface area contributed by atoms with Gasteiger partial charge in [-0.3, -0.25) is 4.79 Å². The van der Waals surface area contributed by atoms with Gasteiger partial charge < -0.3 is 19.5 Å². The number of ether oxygens (including phenoxy) is 1. The van der Waals surface area contributed by atoms with E-state index in [-0.39, 0.29) is 23.0 Å². The molecule has 0 atom stereocenters. The molecule has 0 radical (unpaired) electrons. The average molecular weight is 255 g/mol. The molecule has 0 aliphatic carbocycles. The normalized spacial score (nSPS) is 11.7. The number of aromatic nitrogens is 1. The van der Waals surface area contributed by atoms with Gasteiger partial charge in [0.2, 0.25) is 0 Å². The topological polar surface area (TPSA) is 67.6 Å². The monoisotopic (exact) mass is 255 g/mol. The number of carbonyl (C=O) groups is 1. The van der Waals surface area contributed by atoms with Crippen LogP contribution in [0.1, 0.15) is 24.3 Å². The van der Waals surface area contributed by atoms with Gasteiger partial charge in [0.05, 0.1) is 13.2 Å². The maximum atomic E-state index is 11.8. The molecule has 1 rings (SSSR count). The second-order valence-corrected chi connectivity index (χ2v) is 5.32. The molecule has 0 spiro atoms. The third-order valence-corrected chi connectivity index (χ3v) is 2.39. The zero-order chi connectivity index (χ0) is 13.8. The van der Waals surface area contributed by atoms with Crippen molar-refractivity contribution in [1.29, 1.82) is 0 Å². The molecule has 0 aliphatic heterocycles. The molecule has 18 heavy (non-hydrogen) atoms. The smallest absolute Gasteiger partial charge is 0.311 e. The van der Waals surface area contributed by atoms with Crippen molar-refractivity contribution in [2.75, 3.05) is 34.3 Å². The van der Waals surface area contributed by atoms with Crippen molar-refractivity contribution in [3.05, 3.63) is 11.8 Å². The SMILES string of the molecule is COc1cc(C(=O)NCC(C)(C)CN(C)C)no1. The molecule has 0 aliphatic rings. The van der Waals surface area contributed by atoms with Gasteiger partial charge in [-0.25, -0.2) is 0 Å². The summed E-state index contributed by atoms with van der Waals surface area (Å²) < 4.78 is 9.62. The highest BCUT2D eigenvalue weighted by Crippen LogP contribution is 2.15. The highest BCUT2D eigenvalue weighted by atomic mass is 16.6. The predicted molar refractivity (Wildman–Crippen MR) is 67.7 cm³/mol. The number of methoxy groups -OCH3 is 1. The van der Waals surface area contributed by atoms with E-state index in [1.807, 2.05) is 14.1 Å². The highest BCUT2D eigenvalue weighted by molar-refractivity contribution is 5.92. The van der Waals surface area contributed by atoms with Crippen LogP contribution in [-0.2, 0) is 0 Å². The van der Waals surface area contributed by atoms with Crippen molar-refractivity contribution in [1.82, 2.24) is 15.4 Å². The fraction of sp³-hybridized carbons (Fsp3) is 0.667. The van der Waals surface area contributed by atoms with Crippen molar-refractivity contribution in [2.45, 2.75) is 13.8 Å². The number of amides is 1. The van der Waals surface area contributed by atoms with Crippen LogP contribution in [0.5, 0.6) is 5.95 Å². The summed E-state index contributed by atoms with van der Waals surface area (Å²) in [4.78, 5) is 13.9. The van der Waals surface area contributed by atoms with Crippen LogP contribution in [-0.4, -0.2) is 50.3 Å². The molecule has 0 saturated carbocycles. The third-order valence-electron chi connectivity index (χ3n) is 2.39. The molecular formula is C12H21N3O3. The van der Waals surface area contributed by atoms with Crippen LogP contribution in [0.25, 0.3) is 0 Å². The van der Waals surface area contributed by atoms with Crippen molar-refractivity contribution in [3.8, 4) is 5.95 Å². The van der Waals surface area contributed by atoms with Gasteiger partial charge in [-0.2, -0.15) is 0 Å². The Morgan fingerprint density at radius 3 is 2.72 bits per heavy atom. The lowest BCUT2D eigenvalue weighted by molar-refractivity contribution is 0.0920. The Hall–Kier alpha value is -1.56. The van der Waals surface area contributed by atoms with E-state index in [9.17, 15) is 4.79 Å². The summed E-state index contributed by atoms with van der Waals surface area (Å²) in [7, 11) is 5.47. The van der Waals surface area contributed by atoms with E-state index in [1.165, 1.54) is 13.2 Å². The zero-order valence-electron chi connectivity index (χ0n) is 11.6.